The first-order chi connectivity index (χ1) is 19.6. The highest BCUT2D eigenvalue weighted by atomic mass is 16.2. The predicted molar refractivity (Wildman–Crippen MR) is 169 cm³/mol. The fraction of sp³-hybridized carbons (Fsp3) is 0.412. The first-order valence-electron chi connectivity index (χ1n) is 14.5. The zero-order chi connectivity index (χ0) is 30.1. The van der Waals surface area contributed by atoms with Crippen LogP contribution in [0, 0.1) is 13.8 Å². The summed E-state index contributed by atoms with van der Waals surface area (Å²) < 4.78 is 0. The molecule has 1 N–H and O–H groups in total. The highest BCUT2D eigenvalue weighted by Crippen LogP contribution is 2.32. The molecule has 3 aromatic rings. The van der Waals surface area contributed by atoms with Crippen molar-refractivity contribution in [3.8, 4) is 11.1 Å². The van der Waals surface area contributed by atoms with Crippen molar-refractivity contribution in [2.45, 2.75) is 60.3 Å². The van der Waals surface area contributed by atoms with Crippen LogP contribution in [0.25, 0.3) is 17.2 Å². The number of piperidine rings is 1. The maximum Gasteiger partial charge on any atom is 0.253 e. The summed E-state index contributed by atoms with van der Waals surface area (Å²) in [6, 6.07) is 12.1. The fourth-order valence-electron chi connectivity index (χ4n) is 5.31. The predicted octanol–water partition coefficient (Wildman–Crippen LogP) is 6.73. The molecule has 1 fully saturated rings. The Morgan fingerprint density at radius 1 is 1.00 bits per heavy atom. The zero-order valence-corrected chi connectivity index (χ0v) is 25.9. The van der Waals surface area contributed by atoms with Gasteiger partial charge in [0.2, 0.25) is 5.91 Å². The molecule has 0 unspecified atom stereocenters. The van der Waals surface area contributed by atoms with Crippen LogP contribution in [0.4, 0.5) is 5.82 Å². The molecule has 2 aromatic heterocycles. The number of nitrogens with zero attached hydrogens (tertiary/aromatic N) is 4. The number of likely N-dealkylation sites (tertiary alicyclic amines) is 1. The lowest BCUT2D eigenvalue weighted by molar-refractivity contribution is -0.114. The Kier molecular flexibility index (Phi) is 11.4. The van der Waals surface area contributed by atoms with Crippen LogP contribution in [-0.2, 0) is 4.79 Å². The average molecular weight is 556 g/mol. The van der Waals surface area contributed by atoms with Gasteiger partial charge >= 0.3 is 0 Å². The van der Waals surface area contributed by atoms with Gasteiger partial charge < -0.3 is 10.2 Å². The summed E-state index contributed by atoms with van der Waals surface area (Å²) in [6.45, 7) is 14.7. The molecule has 218 valence electrons. The number of anilines is 1. The van der Waals surface area contributed by atoms with E-state index < -0.39 is 0 Å². The molecule has 1 aliphatic rings. The third kappa shape index (κ3) is 8.33. The van der Waals surface area contributed by atoms with Gasteiger partial charge in [0.05, 0.1) is 0 Å². The third-order valence-corrected chi connectivity index (χ3v) is 7.38. The summed E-state index contributed by atoms with van der Waals surface area (Å²) in [5.74, 6) is 0.993. The molecule has 0 saturated carbocycles. The zero-order valence-electron chi connectivity index (χ0n) is 25.9. The largest absolute Gasteiger partial charge is 0.345 e. The highest BCUT2D eigenvalue weighted by molar-refractivity contribution is 5.93. The van der Waals surface area contributed by atoms with Crippen LogP contribution in [0.2, 0.25) is 0 Å². The SMILES string of the molecule is CC.CC(=O)Nc1cc(C)c(-c2ccnc(C)c2/C=C(\C)CN2CCC(c3ccc(C(=O)N(C)C)cc3)CC2)cn1. The van der Waals surface area contributed by atoms with Crippen LogP contribution < -0.4 is 5.32 Å². The van der Waals surface area contributed by atoms with Crippen LogP contribution in [-0.4, -0.2) is 65.3 Å². The molecule has 1 aliphatic heterocycles. The van der Waals surface area contributed by atoms with Crippen LogP contribution in [0.5, 0.6) is 0 Å². The standard InChI is InChI=1S/C32H39N5O2.C2H6/c1-21(20-37-15-12-26(13-16-37)25-7-9-27(10-8-25)32(39)36(5)6)17-29-23(3)33-14-11-28(29)30-19-34-31(18-22(30)2)35-24(4)38;1-2/h7-11,14,17-19,26H,12-13,15-16,20H2,1-6H3,(H,34,35,38);1-2H3/b21-17+;. The lowest BCUT2D eigenvalue weighted by atomic mass is 9.88. The molecule has 0 spiro atoms. The normalized spacial score (nSPS) is 14.2. The number of aromatic nitrogens is 2. The number of rotatable bonds is 7. The van der Waals surface area contributed by atoms with E-state index in [1.807, 2.05) is 64.4 Å². The van der Waals surface area contributed by atoms with Crippen molar-refractivity contribution in [3.63, 3.8) is 0 Å². The Hall–Kier alpha value is -3.84. The number of carbonyl (C=O) groups is 2. The Labute approximate surface area is 245 Å². The lowest BCUT2D eigenvalue weighted by Crippen LogP contribution is -2.34. The van der Waals surface area contributed by atoms with Gasteiger partial charge in [-0.2, -0.15) is 0 Å². The average Bonchev–Trinajstić information content (AvgIpc) is 2.95. The minimum absolute atomic E-state index is 0.0408. The molecule has 2 amide bonds. The van der Waals surface area contributed by atoms with Crippen LogP contribution in [0.3, 0.4) is 0 Å². The van der Waals surface area contributed by atoms with Crippen molar-refractivity contribution in [2.75, 3.05) is 39.0 Å². The molecule has 0 aliphatic carbocycles. The Morgan fingerprint density at radius 3 is 2.24 bits per heavy atom. The molecular weight excluding hydrogens is 510 g/mol. The molecule has 0 radical (unpaired) electrons. The monoisotopic (exact) mass is 555 g/mol. The fourth-order valence-corrected chi connectivity index (χ4v) is 5.31. The van der Waals surface area contributed by atoms with Gasteiger partial charge in [0.25, 0.3) is 5.91 Å². The van der Waals surface area contributed by atoms with Gasteiger partial charge in [-0.15, -0.1) is 0 Å². The van der Waals surface area contributed by atoms with Gasteiger partial charge in [0.15, 0.2) is 0 Å². The number of amides is 2. The molecule has 41 heavy (non-hydrogen) atoms. The van der Waals surface area contributed by atoms with Crippen molar-refractivity contribution in [1.82, 2.24) is 19.8 Å². The van der Waals surface area contributed by atoms with E-state index in [1.165, 1.54) is 18.1 Å². The van der Waals surface area contributed by atoms with Crippen LogP contribution in [0.15, 0.2) is 54.4 Å². The number of hydrogen-bond acceptors (Lipinski definition) is 5. The van der Waals surface area contributed by atoms with Crippen molar-refractivity contribution in [1.29, 1.82) is 0 Å². The van der Waals surface area contributed by atoms with Gasteiger partial charge in [0, 0.05) is 62.3 Å². The number of pyridine rings is 2. The quantitative estimate of drug-likeness (QED) is 0.350. The first kappa shape index (κ1) is 31.7. The molecule has 1 aromatic carbocycles. The van der Waals surface area contributed by atoms with E-state index in [4.69, 9.17) is 0 Å². The smallest absolute Gasteiger partial charge is 0.253 e. The van der Waals surface area contributed by atoms with E-state index in [0.29, 0.717) is 11.7 Å². The maximum atomic E-state index is 12.2. The Bertz CT molecular complexity index is 1370. The van der Waals surface area contributed by atoms with E-state index >= 15 is 0 Å². The van der Waals surface area contributed by atoms with Crippen molar-refractivity contribution >= 4 is 23.7 Å². The molecule has 0 bridgehead atoms. The minimum atomic E-state index is -0.132. The van der Waals surface area contributed by atoms with E-state index in [1.54, 1.807) is 19.0 Å². The topological polar surface area (TPSA) is 78.4 Å². The van der Waals surface area contributed by atoms with Crippen LogP contribution in [0.1, 0.15) is 79.2 Å². The second-order valence-corrected chi connectivity index (χ2v) is 10.8. The molecule has 1 saturated heterocycles. The summed E-state index contributed by atoms with van der Waals surface area (Å²) >= 11 is 0. The Balaban J connectivity index is 0.00000226. The van der Waals surface area contributed by atoms with Gasteiger partial charge in [-0.05, 0) is 93.6 Å². The third-order valence-electron chi connectivity index (χ3n) is 7.38. The second-order valence-electron chi connectivity index (χ2n) is 10.8. The number of aryl methyl sites for hydroxylation is 2. The molecule has 4 rings (SSSR count). The summed E-state index contributed by atoms with van der Waals surface area (Å²) in [6.07, 6.45) is 8.14. The van der Waals surface area contributed by atoms with Gasteiger partial charge in [-0.1, -0.05) is 37.6 Å². The van der Waals surface area contributed by atoms with E-state index in [9.17, 15) is 9.59 Å². The summed E-state index contributed by atoms with van der Waals surface area (Å²) in [5, 5.41) is 2.76. The molecule has 3 heterocycles. The van der Waals surface area contributed by atoms with E-state index in [-0.39, 0.29) is 11.8 Å². The number of hydrogen-bond donors (Lipinski definition) is 1. The van der Waals surface area contributed by atoms with E-state index in [2.05, 4.69) is 45.3 Å². The highest BCUT2D eigenvalue weighted by Gasteiger charge is 2.21. The van der Waals surface area contributed by atoms with Gasteiger partial charge in [0.1, 0.15) is 5.82 Å². The molecule has 7 nitrogen and oxygen atoms in total. The van der Waals surface area contributed by atoms with Crippen molar-refractivity contribution in [2.24, 2.45) is 0 Å². The second kappa shape index (κ2) is 14.7. The molecular formula is C34H45N5O2. The lowest BCUT2D eigenvalue weighted by Gasteiger charge is -2.32. The number of benzene rings is 1. The van der Waals surface area contributed by atoms with Gasteiger partial charge in [-0.3, -0.25) is 19.5 Å². The minimum Gasteiger partial charge on any atom is -0.345 e. The summed E-state index contributed by atoms with van der Waals surface area (Å²) in [7, 11) is 3.56. The summed E-state index contributed by atoms with van der Waals surface area (Å²) in [5.41, 5.74) is 8.61. The van der Waals surface area contributed by atoms with Crippen molar-refractivity contribution in [3.05, 3.63) is 82.3 Å². The van der Waals surface area contributed by atoms with Gasteiger partial charge in [-0.25, -0.2) is 4.98 Å². The maximum absolute atomic E-state index is 12.2. The number of carbonyl (C=O) groups excluding carboxylic acids is 2. The van der Waals surface area contributed by atoms with E-state index in [0.717, 1.165) is 66.0 Å². The number of nitrogens with one attached hydrogen (secondary N) is 1. The first-order valence-corrected chi connectivity index (χ1v) is 14.5. The molecule has 7 heteroatoms. The Morgan fingerprint density at radius 2 is 1.66 bits per heavy atom. The molecule has 0 atom stereocenters. The van der Waals surface area contributed by atoms with Crippen molar-refractivity contribution < 1.29 is 9.59 Å². The van der Waals surface area contributed by atoms with Crippen LogP contribution >= 0.6 is 0 Å². The summed E-state index contributed by atoms with van der Waals surface area (Å²) in [4.78, 5) is 36.8.